The largest absolute Gasteiger partial charge is 0.346 e. The first-order chi connectivity index (χ1) is 10.2. The van der Waals surface area contributed by atoms with Gasteiger partial charge in [-0.05, 0) is 56.5 Å². The van der Waals surface area contributed by atoms with Crippen molar-refractivity contribution in [3.63, 3.8) is 0 Å². The van der Waals surface area contributed by atoms with Crippen LogP contribution in [-0.4, -0.2) is 19.0 Å². The van der Waals surface area contributed by atoms with Gasteiger partial charge in [0, 0.05) is 10.9 Å². The van der Waals surface area contributed by atoms with Gasteiger partial charge in [-0.2, -0.15) is 0 Å². The lowest BCUT2D eigenvalue weighted by molar-refractivity contribution is -0.127. The second-order valence-electron chi connectivity index (χ2n) is 6.31. The van der Waals surface area contributed by atoms with Gasteiger partial charge in [-0.3, -0.25) is 4.79 Å². The molecule has 0 aromatic heterocycles. The lowest BCUT2D eigenvalue weighted by Gasteiger charge is -2.34. The number of carbonyl (C=O) groups is 1. The van der Waals surface area contributed by atoms with Gasteiger partial charge in [-0.1, -0.05) is 36.6 Å². The first-order valence-corrected chi connectivity index (χ1v) is 8.36. The Bertz CT molecular complexity index is 488. The van der Waals surface area contributed by atoms with E-state index in [9.17, 15) is 4.79 Å². The molecule has 2 aliphatic rings. The summed E-state index contributed by atoms with van der Waals surface area (Å²) in [5.41, 5.74) is 1.03. The molecular formula is C17H23ClN2O. The van der Waals surface area contributed by atoms with Crippen LogP contribution in [0.4, 0.5) is 0 Å². The maximum absolute atomic E-state index is 12.6. The number of piperidine rings is 1. The maximum Gasteiger partial charge on any atom is 0.223 e. The number of carbonyl (C=O) groups excluding carboxylic acids is 1. The predicted molar refractivity (Wildman–Crippen MR) is 85.3 cm³/mol. The summed E-state index contributed by atoms with van der Waals surface area (Å²) in [6.45, 7) is 1.90. The Morgan fingerprint density at radius 3 is 2.38 bits per heavy atom. The summed E-state index contributed by atoms with van der Waals surface area (Å²) >= 11 is 6.00. The Hall–Kier alpha value is -1.06. The van der Waals surface area contributed by atoms with E-state index in [1.807, 2.05) is 12.1 Å². The zero-order chi connectivity index (χ0) is 14.7. The summed E-state index contributed by atoms with van der Waals surface area (Å²) in [6.07, 6.45) is 6.31. The molecule has 1 saturated heterocycles. The fraction of sp³-hybridized carbons (Fsp3) is 0.588. The Morgan fingerprint density at radius 1 is 1.14 bits per heavy atom. The highest BCUT2D eigenvalue weighted by molar-refractivity contribution is 6.30. The quantitative estimate of drug-likeness (QED) is 0.900. The van der Waals surface area contributed by atoms with E-state index in [4.69, 9.17) is 11.6 Å². The van der Waals surface area contributed by atoms with Crippen molar-refractivity contribution >= 4 is 17.5 Å². The van der Waals surface area contributed by atoms with Crippen LogP contribution >= 0.6 is 11.6 Å². The summed E-state index contributed by atoms with van der Waals surface area (Å²) in [4.78, 5) is 12.6. The molecule has 1 aliphatic carbocycles. The molecule has 0 atom stereocenters. The number of nitrogens with one attached hydrogen (secondary N) is 2. The van der Waals surface area contributed by atoms with E-state index in [0.29, 0.717) is 0 Å². The molecule has 0 spiro atoms. The van der Waals surface area contributed by atoms with E-state index in [0.717, 1.165) is 43.8 Å². The van der Waals surface area contributed by atoms with Crippen LogP contribution in [-0.2, 0) is 10.3 Å². The van der Waals surface area contributed by atoms with Crippen LogP contribution in [0.25, 0.3) is 0 Å². The van der Waals surface area contributed by atoms with Gasteiger partial charge >= 0.3 is 0 Å². The van der Waals surface area contributed by atoms with Gasteiger partial charge in [0.25, 0.3) is 0 Å². The van der Waals surface area contributed by atoms with E-state index in [-0.39, 0.29) is 17.4 Å². The fourth-order valence-corrected chi connectivity index (χ4v) is 3.78. The smallest absolute Gasteiger partial charge is 0.223 e. The molecule has 1 saturated carbocycles. The molecule has 2 fully saturated rings. The van der Waals surface area contributed by atoms with Crippen molar-refractivity contribution in [2.75, 3.05) is 13.1 Å². The van der Waals surface area contributed by atoms with Crippen LogP contribution in [0.3, 0.4) is 0 Å². The van der Waals surface area contributed by atoms with Gasteiger partial charge in [0.15, 0.2) is 0 Å². The van der Waals surface area contributed by atoms with E-state index in [2.05, 4.69) is 22.8 Å². The second-order valence-corrected chi connectivity index (χ2v) is 6.75. The molecule has 4 heteroatoms. The van der Waals surface area contributed by atoms with Crippen molar-refractivity contribution in [1.29, 1.82) is 0 Å². The molecule has 0 radical (unpaired) electrons. The standard InChI is InChI=1S/C17H23ClN2O/c18-15-5-3-14(4-6-15)17(9-1-2-10-17)20-16(21)13-7-11-19-12-8-13/h3-6,13,19H,1-2,7-12H2,(H,20,21). The third kappa shape index (κ3) is 3.24. The number of benzene rings is 1. The molecule has 2 N–H and O–H groups in total. The summed E-state index contributed by atoms with van der Waals surface area (Å²) in [5, 5.41) is 7.45. The van der Waals surface area contributed by atoms with Crippen molar-refractivity contribution in [1.82, 2.24) is 10.6 Å². The van der Waals surface area contributed by atoms with Gasteiger partial charge in [-0.15, -0.1) is 0 Å². The molecule has 21 heavy (non-hydrogen) atoms. The predicted octanol–water partition coefficient (Wildman–Crippen LogP) is 3.23. The lowest BCUT2D eigenvalue weighted by Crippen LogP contribution is -2.48. The molecule has 1 aliphatic heterocycles. The molecule has 3 nitrogen and oxygen atoms in total. The van der Waals surface area contributed by atoms with Crippen LogP contribution < -0.4 is 10.6 Å². The zero-order valence-corrected chi connectivity index (χ0v) is 13.1. The molecule has 1 heterocycles. The van der Waals surface area contributed by atoms with Crippen molar-refractivity contribution in [3.8, 4) is 0 Å². The number of halogens is 1. The van der Waals surface area contributed by atoms with Crippen LogP contribution in [0.15, 0.2) is 24.3 Å². The molecule has 1 amide bonds. The topological polar surface area (TPSA) is 41.1 Å². The first kappa shape index (κ1) is 14.9. The second kappa shape index (κ2) is 6.37. The Morgan fingerprint density at radius 2 is 1.76 bits per heavy atom. The normalized spacial score (nSPS) is 22.1. The third-order valence-corrected chi connectivity index (χ3v) is 5.18. The van der Waals surface area contributed by atoms with Gasteiger partial charge < -0.3 is 10.6 Å². The minimum absolute atomic E-state index is 0.163. The average Bonchev–Trinajstić information content (AvgIpc) is 2.98. The van der Waals surface area contributed by atoms with Gasteiger partial charge in [0.05, 0.1) is 5.54 Å². The van der Waals surface area contributed by atoms with Crippen LogP contribution in [0, 0.1) is 5.92 Å². The van der Waals surface area contributed by atoms with E-state index in [1.54, 1.807) is 0 Å². The molecule has 1 aromatic rings. The SMILES string of the molecule is O=C(NC1(c2ccc(Cl)cc2)CCCC1)C1CCNCC1. The highest BCUT2D eigenvalue weighted by Crippen LogP contribution is 2.39. The average molecular weight is 307 g/mol. The lowest BCUT2D eigenvalue weighted by atomic mass is 9.86. The number of amides is 1. The minimum atomic E-state index is -0.174. The number of hydrogen-bond acceptors (Lipinski definition) is 2. The molecule has 0 bridgehead atoms. The zero-order valence-electron chi connectivity index (χ0n) is 12.3. The van der Waals surface area contributed by atoms with Crippen LogP contribution in [0.2, 0.25) is 5.02 Å². The highest BCUT2D eigenvalue weighted by atomic mass is 35.5. The van der Waals surface area contributed by atoms with Crippen molar-refractivity contribution in [3.05, 3.63) is 34.9 Å². The van der Waals surface area contributed by atoms with E-state index in [1.165, 1.54) is 18.4 Å². The maximum atomic E-state index is 12.6. The molecule has 114 valence electrons. The molecule has 0 unspecified atom stereocenters. The van der Waals surface area contributed by atoms with Crippen LogP contribution in [0.1, 0.15) is 44.1 Å². The van der Waals surface area contributed by atoms with Gasteiger partial charge in [0.2, 0.25) is 5.91 Å². The van der Waals surface area contributed by atoms with Gasteiger partial charge in [0.1, 0.15) is 0 Å². The number of hydrogen-bond donors (Lipinski definition) is 2. The molecule has 3 rings (SSSR count). The monoisotopic (exact) mass is 306 g/mol. The van der Waals surface area contributed by atoms with Crippen LogP contribution in [0.5, 0.6) is 0 Å². The summed E-state index contributed by atoms with van der Waals surface area (Å²) in [5.74, 6) is 0.393. The van der Waals surface area contributed by atoms with E-state index >= 15 is 0 Å². The first-order valence-electron chi connectivity index (χ1n) is 7.98. The Kier molecular flexibility index (Phi) is 4.51. The molecular weight excluding hydrogens is 284 g/mol. The van der Waals surface area contributed by atoms with E-state index < -0.39 is 0 Å². The van der Waals surface area contributed by atoms with Crippen molar-refractivity contribution in [2.24, 2.45) is 5.92 Å². The fourth-order valence-electron chi connectivity index (χ4n) is 3.66. The van der Waals surface area contributed by atoms with Gasteiger partial charge in [-0.25, -0.2) is 0 Å². The summed E-state index contributed by atoms with van der Waals surface area (Å²) in [6, 6.07) is 7.98. The summed E-state index contributed by atoms with van der Waals surface area (Å²) in [7, 11) is 0. The Labute approximate surface area is 131 Å². The Balaban J connectivity index is 1.77. The third-order valence-electron chi connectivity index (χ3n) is 4.93. The van der Waals surface area contributed by atoms with Crippen molar-refractivity contribution in [2.45, 2.75) is 44.1 Å². The number of rotatable bonds is 3. The summed E-state index contributed by atoms with van der Waals surface area (Å²) < 4.78 is 0. The highest BCUT2D eigenvalue weighted by Gasteiger charge is 2.38. The minimum Gasteiger partial charge on any atom is -0.346 e. The molecule has 1 aromatic carbocycles. The van der Waals surface area contributed by atoms with Crippen molar-refractivity contribution < 1.29 is 4.79 Å².